The van der Waals surface area contributed by atoms with Crippen molar-refractivity contribution in [3.05, 3.63) is 82.9 Å². The topological polar surface area (TPSA) is 0 Å². The second-order valence-corrected chi connectivity index (χ2v) is 6.40. The third-order valence-electron chi connectivity index (χ3n) is 4.52. The summed E-state index contributed by atoms with van der Waals surface area (Å²) in [6, 6.07) is 15.5. The molecule has 0 aromatic heterocycles. The van der Waals surface area contributed by atoms with E-state index in [-0.39, 0.29) is 0 Å². The molecule has 0 heterocycles. The van der Waals surface area contributed by atoms with Gasteiger partial charge in [0.1, 0.15) is 0 Å². The molecule has 2 aromatic rings. The zero-order valence-electron chi connectivity index (χ0n) is 14.9. The molecule has 2 aromatic carbocycles. The van der Waals surface area contributed by atoms with Crippen LogP contribution in [0.25, 0.3) is 11.6 Å². The maximum Gasteiger partial charge on any atom is -0.0124 e. The van der Waals surface area contributed by atoms with Crippen molar-refractivity contribution in [1.29, 1.82) is 0 Å². The smallest absolute Gasteiger partial charge is 0.0124 e. The Bertz CT molecular complexity index is 704. The first kappa shape index (κ1) is 17.3. The lowest BCUT2D eigenvalue weighted by Gasteiger charge is -2.20. The summed E-state index contributed by atoms with van der Waals surface area (Å²) in [6.07, 6.45) is 6.41. The molecular formula is C23H28. The molecule has 0 fully saturated rings. The lowest BCUT2D eigenvalue weighted by molar-refractivity contribution is 0.643. The van der Waals surface area contributed by atoms with E-state index in [4.69, 9.17) is 0 Å². The highest BCUT2D eigenvalue weighted by molar-refractivity contribution is 5.71. The third kappa shape index (κ3) is 4.45. The van der Waals surface area contributed by atoms with Crippen LogP contribution in [0.1, 0.15) is 48.1 Å². The van der Waals surface area contributed by atoms with Gasteiger partial charge >= 0.3 is 0 Å². The van der Waals surface area contributed by atoms with Crippen LogP contribution in [0, 0.1) is 19.8 Å². The zero-order valence-corrected chi connectivity index (χ0v) is 14.9. The predicted octanol–water partition coefficient (Wildman–Crippen LogP) is 6.62. The molecule has 0 nitrogen and oxygen atoms in total. The first-order valence-corrected chi connectivity index (χ1v) is 8.53. The fourth-order valence-corrected chi connectivity index (χ4v) is 3.14. The summed E-state index contributed by atoms with van der Waals surface area (Å²) < 4.78 is 0. The Morgan fingerprint density at radius 3 is 2.57 bits per heavy atom. The first-order chi connectivity index (χ1) is 11.0. The summed E-state index contributed by atoms with van der Waals surface area (Å²) >= 11 is 0. The molecule has 0 radical (unpaired) electrons. The number of benzene rings is 2. The molecule has 23 heavy (non-hydrogen) atoms. The molecule has 0 amide bonds. The molecule has 0 spiro atoms. The predicted molar refractivity (Wildman–Crippen MR) is 104 cm³/mol. The minimum absolute atomic E-state index is 0.483. The van der Waals surface area contributed by atoms with Crippen LogP contribution < -0.4 is 0 Å². The van der Waals surface area contributed by atoms with Crippen molar-refractivity contribution in [2.45, 2.75) is 40.5 Å². The normalized spacial score (nSPS) is 12.5. The zero-order chi connectivity index (χ0) is 16.8. The maximum atomic E-state index is 4.45. The molecule has 0 saturated heterocycles. The highest BCUT2D eigenvalue weighted by atomic mass is 14.2. The molecule has 0 heteroatoms. The van der Waals surface area contributed by atoms with E-state index in [0.29, 0.717) is 5.92 Å². The van der Waals surface area contributed by atoms with Gasteiger partial charge in [-0.3, -0.25) is 0 Å². The minimum atomic E-state index is 0.483. The summed E-state index contributed by atoms with van der Waals surface area (Å²) in [7, 11) is 0. The Morgan fingerprint density at radius 2 is 1.91 bits per heavy atom. The van der Waals surface area contributed by atoms with Crippen LogP contribution in [0.3, 0.4) is 0 Å². The fraction of sp³-hybridized carbons (Fsp3) is 0.304. The number of allylic oxidation sites excluding steroid dienone is 2. The van der Waals surface area contributed by atoms with Gasteiger partial charge in [-0.25, -0.2) is 0 Å². The van der Waals surface area contributed by atoms with Gasteiger partial charge in [0.2, 0.25) is 0 Å². The second-order valence-electron chi connectivity index (χ2n) is 6.40. The highest BCUT2D eigenvalue weighted by Crippen LogP contribution is 2.30. The van der Waals surface area contributed by atoms with E-state index in [2.05, 4.69) is 88.9 Å². The van der Waals surface area contributed by atoms with Crippen LogP contribution in [-0.4, -0.2) is 0 Å². The molecule has 0 N–H and O–H groups in total. The summed E-state index contributed by atoms with van der Waals surface area (Å²) in [5.74, 6) is 0.483. The Hall–Kier alpha value is -2.08. The van der Waals surface area contributed by atoms with Crippen molar-refractivity contribution in [2.24, 2.45) is 5.92 Å². The molecule has 0 bridgehead atoms. The van der Waals surface area contributed by atoms with Gasteiger partial charge < -0.3 is 0 Å². The van der Waals surface area contributed by atoms with E-state index < -0.39 is 0 Å². The summed E-state index contributed by atoms with van der Waals surface area (Å²) in [5, 5.41) is 0. The summed E-state index contributed by atoms with van der Waals surface area (Å²) in [4.78, 5) is 0. The summed E-state index contributed by atoms with van der Waals surface area (Å²) in [5.41, 5.74) is 7.86. The standard InChI is InChI=1S/C23H28/c1-6-9-20-13-12-18(4)23(16-20)19(5)22(7-2)15-21-11-8-10-17(3)14-21/h6,8-14,16,22H,5,7,15H2,1-4H3/b9-6+. The minimum Gasteiger partial charge on any atom is -0.0949 e. The van der Waals surface area contributed by atoms with E-state index in [1.54, 1.807) is 0 Å². The monoisotopic (exact) mass is 304 g/mol. The number of hydrogen-bond acceptors (Lipinski definition) is 0. The molecule has 0 saturated carbocycles. The van der Waals surface area contributed by atoms with Crippen molar-refractivity contribution >= 4 is 11.6 Å². The average molecular weight is 304 g/mol. The van der Waals surface area contributed by atoms with E-state index in [9.17, 15) is 0 Å². The number of rotatable bonds is 6. The Morgan fingerprint density at radius 1 is 1.13 bits per heavy atom. The van der Waals surface area contributed by atoms with Crippen LogP contribution in [0.5, 0.6) is 0 Å². The van der Waals surface area contributed by atoms with E-state index >= 15 is 0 Å². The van der Waals surface area contributed by atoms with Crippen molar-refractivity contribution < 1.29 is 0 Å². The van der Waals surface area contributed by atoms with E-state index in [0.717, 1.165) is 12.8 Å². The third-order valence-corrected chi connectivity index (χ3v) is 4.52. The van der Waals surface area contributed by atoms with Gasteiger partial charge in [-0.1, -0.05) is 67.6 Å². The summed E-state index contributed by atoms with van der Waals surface area (Å²) in [6.45, 7) is 13.1. The fourth-order valence-electron chi connectivity index (χ4n) is 3.14. The van der Waals surface area contributed by atoms with Crippen molar-refractivity contribution in [2.75, 3.05) is 0 Å². The quantitative estimate of drug-likeness (QED) is 0.562. The number of hydrogen-bond donors (Lipinski definition) is 0. The highest BCUT2D eigenvalue weighted by Gasteiger charge is 2.15. The van der Waals surface area contributed by atoms with Gasteiger partial charge in [0, 0.05) is 0 Å². The van der Waals surface area contributed by atoms with Crippen molar-refractivity contribution in [3.8, 4) is 0 Å². The van der Waals surface area contributed by atoms with Crippen LogP contribution in [0.4, 0.5) is 0 Å². The molecular weight excluding hydrogens is 276 g/mol. The van der Waals surface area contributed by atoms with Crippen LogP contribution in [0.15, 0.2) is 55.1 Å². The van der Waals surface area contributed by atoms with Crippen molar-refractivity contribution in [3.63, 3.8) is 0 Å². The molecule has 0 aliphatic heterocycles. The molecule has 120 valence electrons. The van der Waals surface area contributed by atoms with Gasteiger partial charge in [-0.15, -0.1) is 0 Å². The maximum absolute atomic E-state index is 4.45. The molecule has 1 atom stereocenters. The lowest BCUT2D eigenvalue weighted by Crippen LogP contribution is -2.07. The Kier molecular flexibility index (Phi) is 5.98. The molecule has 1 unspecified atom stereocenters. The van der Waals surface area contributed by atoms with E-state index in [1.165, 1.54) is 33.4 Å². The molecule has 0 aliphatic carbocycles. The average Bonchev–Trinajstić information content (AvgIpc) is 2.54. The lowest BCUT2D eigenvalue weighted by atomic mass is 9.84. The van der Waals surface area contributed by atoms with Crippen LogP contribution in [0.2, 0.25) is 0 Å². The SMILES string of the molecule is C=C(c1cc(/C=C/C)ccc1C)C(CC)Cc1cccc(C)c1. The second kappa shape index (κ2) is 7.97. The Balaban J connectivity index is 2.27. The van der Waals surface area contributed by atoms with Crippen LogP contribution in [-0.2, 0) is 6.42 Å². The van der Waals surface area contributed by atoms with Gasteiger partial charge in [0.15, 0.2) is 0 Å². The molecule has 2 rings (SSSR count). The van der Waals surface area contributed by atoms with Crippen molar-refractivity contribution in [1.82, 2.24) is 0 Å². The van der Waals surface area contributed by atoms with Gasteiger partial charge in [0.25, 0.3) is 0 Å². The molecule has 0 aliphatic rings. The Labute approximate surface area is 141 Å². The van der Waals surface area contributed by atoms with Gasteiger partial charge in [0.05, 0.1) is 0 Å². The van der Waals surface area contributed by atoms with E-state index in [1.807, 2.05) is 0 Å². The number of aryl methyl sites for hydroxylation is 2. The largest absolute Gasteiger partial charge is 0.0949 e. The van der Waals surface area contributed by atoms with Gasteiger partial charge in [-0.2, -0.15) is 0 Å². The van der Waals surface area contributed by atoms with Gasteiger partial charge in [-0.05, 0) is 73.4 Å². The first-order valence-electron chi connectivity index (χ1n) is 8.53. The van der Waals surface area contributed by atoms with Crippen LogP contribution >= 0.6 is 0 Å².